The Bertz CT molecular complexity index is 339. The van der Waals surface area contributed by atoms with Crippen molar-refractivity contribution in [3.8, 4) is 0 Å². The normalized spacial score (nSPS) is 14.2. The second-order valence-electron chi connectivity index (χ2n) is 2.55. The van der Waals surface area contributed by atoms with Crippen LogP contribution in [0.2, 0.25) is 0 Å². The highest BCUT2D eigenvalue weighted by molar-refractivity contribution is 6.46. The van der Waals surface area contributed by atoms with Crippen molar-refractivity contribution in [2.24, 2.45) is 10.7 Å². The third-order valence-electron chi connectivity index (χ3n) is 1.72. The molecule has 0 aliphatic carbocycles. The van der Waals surface area contributed by atoms with Crippen LogP contribution in [0.25, 0.3) is 5.70 Å². The van der Waals surface area contributed by atoms with Crippen LogP contribution in [-0.4, -0.2) is 12.8 Å². The second kappa shape index (κ2) is 4.14. The van der Waals surface area contributed by atoms with E-state index >= 15 is 0 Å². The Morgan fingerprint density at radius 3 is 2.77 bits per heavy atom. The predicted molar refractivity (Wildman–Crippen MR) is 54.7 cm³/mol. The molecule has 0 unspecified atom stereocenters. The van der Waals surface area contributed by atoms with Crippen molar-refractivity contribution in [3.05, 3.63) is 29.2 Å². The highest BCUT2D eigenvalue weighted by Gasteiger charge is 2.06. The molecule has 4 heteroatoms. The van der Waals surface area contributed by atoms with Gasteiger partial charge in [-0.25, -0.2) is 0 Å². The first-order chi connectivity index (χ1) is 6.16. The smallest absolute Gasteiger partial charge is 0.0996 e. The van der Waals surface area contributed by atoms with Gasteiger partial charge in [-0.3, -0.25) is 4.99 Å². The van der Waals surface area contributed by atoms with Crippen LogP contribution in [-0.2, 0) is 0 Å². The van der Waals surface area contributed by atoms with E-state index in [1.165, 1.54) is 0 Å². The molecular weight excluding hydrogens is 188 g/mol. The maximum Gasteiger partial charge on any atom is 0.0996 e. The number of hydrogen-bond donors (Lipinski definition) is 1. The van der Waals surface area contributed by atoms with Crippen molar-refractivity contribution in [3.63, 3.8) is 0 Å². The molecule has 0 radical (unpaired) electrons. The van der Waals surface area contributed by atoms with Crippen molar-refractivity contribution < 1.29 is 4.42 Å². The van der Waals surface area contributed by atoms with Crippen molar-refractivity contribution in [2.75, 3.05) is 7.05 Å². The van der Waals surface area contributed by atoms with Crippen LogP contribution in [0.15, 0.2) is 33.0 Å². The van der Waals surface area contributed by atoms with Gasteiger partial charge in [0, 0.05) is 12.6 Å². The van der Waals surface area contributed by atoms with Gasteiger partial charge in [-0.1, -0.05) is 11.6 Å². The topological polar surface area (TPSA) is 51.5 Å². The summed E-state index contributed by atoms with van der Waals surface area (Å²) in [5.74, 6) is 0. The number of rotatable bonds is 2. The van der Waals surface area contributed by atoms with Crippen LogP contribution < -0.4 is 5.73 Å². The first kappa shape index (κ1) is 9.86. The molecule has 0 aliphatic heterocycles. The van der Waals surface area contributed by atoms with Gasteiger partial charge in [0.15, 0.2) is 0 Å². The molecule has 1 aromatic heterocycles. The summed E-state index contributed by atoms with van der Waals surface area (Å²) >= 11 is 5.96. The largest absolute Gasteiger partial charge is 0.472 e. The minimum absolute atomic E-state index is 0.462. The Labute approximate surface area is 81.9 Å². The van der Waals surface area contributed by atoms with E-state index in [1.54, 1.807) is 32.6 Å². The molecule has 70 valence electrons. The van der Waals surface area contributed by atoms with Crippen molar-refractivity contribution in [1.82, 2.24) is 0 Å². The fourth-order valence-corrected chi connectivity index (χ4v) is 1.03. The van der Waals surface area contributed by atoms with Crippen LogP contribution in [0.1, 0.15) is 12.5 Å². The monoisotopic (exact) mass is 198 g/mol. The highest BCUT2D eigenvalue weighted by Crippen LogP contribution is 2.17. The zero-order valence-corrected chi connectivity index (χ0v) is 8.30. The maximum atomic E-state index is 5.96. The molecule has 0 aromatic carbocycles. The van der Waals surface area contributed by atoms with Gasteiger partial charge in [-0.15, -0.1) is 0 Å². The lowest BCUT2D eigenvalue weighted by Crippen LogP contribution is -2.03. The van der Waals surface area contributed by atoms with Gasteiger partial charge in [0.05, 0.1) is 29.0 Å². The summed E-state index contributed by atoms with van der Waals surface area (Å²) in [5.41, 5.74) is 7.73. The standard InChI is InChI=1S/C9H11ClN2O/c1-6(12-2)8(10)9(11)7-3-4-13-5-7/h3-5H,11H2,1-2H3. The van der Waals surface area contributed by atoms with Crippen LogP contribution in [0.3, 0.4) is 0 Å². The number of halogens is 1. The number of nitrogens with zero attached hydrogens (tertiary/aromatic N) is 1. The second-order valence-corrected chi connectivity index (χ2v) is 2.93. The Hall–Kier alpha value is -1.22. The molecule has 0 saturated carbocycles. The van der Waals surface area contributed by atoms with Crippen LogP contribution >= 0.6 is 11.6 Å². The molecule has 0 atom stereocenters. The van der Waals surface area contributed by atoms with E-state index in [-0.39, 0.29) is 0 Å². The molecule has 3 nitrogen and oxygen atoms in total. The molecule has 0 aliphatic rings. The van der Waals surface area contributed by atoms with Crippen LogP contribution in [0, 0.1) is 0 Å². The molecule has 0 bridgehead atoms. The minimum atomic E-state index is 0.462. The lowest BCUT2D eigenvalue weighted by Gasteiger charge is -2.01. The van der Waals surface area contributed by atoms with Crippen LogP contribution in [0.5, 0.6) is 0 Å². The molecule has 1 rings (SSSR count). The first-order valence-electron chi connectivity index (χ1n) is 3.78. The van der Waals surface area contributed by atoms with E-state index < -0.39 is 0 Å². The van der Waals surface area contributed by atoms with E-state index in [0.29, 0.717) is 16.4 Å². The van der Waals surface area contributed by atoms with E-state index in [1.807, 2.05) is 0 Å². The molecule has 13 heavy (non-hydrogen) atoms. The van der Waals surface area contributed by atoms with E-state index in [9.17, 15) is 0 Å². The lowest BCUT2D eigenvalue weighted by molar-refractivity contribution is 0.566. The van der Waals surface area contributed by atoms with Crippen molar-refractivity contribution >= 4 is 23.0 Å². The summed E-state index contributed by atoms with van der Waals surface area (Å²) in [5, 5.41) is 0.462. The van der Waals surface area contributed by atoms with Gasteiger partial charge in [0.2, 0.25) is 0 Å². The zero-order chi connectivity index (χ0) is 9.84. The number of allylic oxidation sites excluding steroid dienone is 1. The number of hydrogen-bond acceptors (Lipinski definition) is 3. The van der Waals surface area contributed by atoms with Gasteiger partial charge in [-0.05, 0) is 13.0 Å². The average molecular weight is 199 g/mol. The van der Waals surface area contributed by atoms with E-state index in [4.69, 9.17) is 21.8 Å². The summed E-state index contributed by atoms with van der Waals surface area (Å²) in [6.07, 6.45) is 3.09. The van der Waals surface area contributed by atoms with Gasteiger partial charge in [-0.2, -0.15) is 0 Å². The molecule has 0 saturated heterocycles. The Morgan fingerprint density at radius 2 is 2.31 bits per heavy atom. The third kappa shape index (κ3) is 2.12. The maximum absolute atomic E-state index is 5.96. The third-order valence-corrected chi connectivity index (χ3v) is 2.20. The Kier molecular flexibility index (Phi) is 3.14. The summed E-state index contributed by atoms with van der Waals surface area (Å²) < 4.78 is 4.89. The molecule has 0 amide bonds. The summed E-state index contributed by atoms with van der Waals surface area (Å²) in [7, 11) is 1.67. The molecular formula is C9H11ClN2O. The fourth-order valence-electron chi connectivity index (χ4n) is 0.837. The summed E-state index contributed by atoms with van der Waals surface area (Å²) in [6.45, 7) is 1.80. The van der Waals surface area contributed by atoms with Crippen molar-refractivity contribution in [1.29, 1.82) is 0 Å². The molecule has 1 heterocycles. The van der Waals surface area contributed by atoms with Crippen LogP contribution in [0.4, 0.5) is 0 Å². The van der Waals surface area contributed by atoms with Gasteiger partial charge < -0.3 is 10.2 Å². The fraction of sp³-hybridized carbons (Fsp3) is 0.222. The number of nitrogens with two attached hydrogens (primary N) is 1. The zero-order valence-electron chi connectivity index (χ0n) is 7.54. The lowest BCUT2D eigenvalue weighted by atomic mass is 10.2. The first-order valence-corrected chi connectivity index (χ1v) is 4.16. The Balaban J connectivity index is 3.06. The molecule has 1 aromatic rings. The number of aliphatic imine (C=N–C) groups is 1. The highest BCUT2D eigenvalue weighted by atomic mass is 35.5. The van der Waals surface area contributed by atoms with E-state index in [0.717, 1.165) is 5.56 Å². The van der Waals surface area contributed by atoms with Gasteiger partial charge >= 0.3 is 0 Å². The summed E-state index contributed by atoms with van der Waals surface area (Å²) in [4.78, 5) is 3.94. The quantitative estimate of drug-likeness (QED) is 0.741. The SMILES string of the molecule is CN=C(C)C(Cl)=C(N)c1ccoc1. The molecule has 0 fully saturated rings. The van der Waals surface area contributed by atoms with Gasteiger partial charge in [0.1, 0.15) is 0 Å². The molecule has 0 spiro atoms. The summed E-state index contributed by atoms with van der Waals surface area (Å²) in [6, 6.07) is 1.75. The molecule has 2 N–H and O–H groups in total. The average Bonchev–Trinajstić information content (AvgIpc) is 2.67. The van der Waals surface area contributed by atoms with E-state index in [2.05, 4.69) is 4.99 Å². The number of furan rings is 1. The minimum Gasteiger partial charge on any atom is -0.472 e. The predicted octanol–water partition coefficient (Wildman–Crippen LogP) is 2.24. The Morgan fingerprint density at radius 1 is 1.62 bits per heavy atom. The van der Waals surface area contributed by atoms with Crippen molar-refractivity contribution in [2.45, 2.75) is 6.92 Å². The van der Waals surface area contributed by atoms with Gasteiger partial charge in [0.25, 0.3) is 0 Å².